The van der Waals surface area contributed by atoms with Gasteiger partial charge in [-0.05, 0) is 119 Å². The van der Waals surface area contributed by atoms with Gasteiger partial charge in [-0.3, -0.25) is 4.44 Å². The van der Waals surface area contributed by atoms with Crippen LogP contribution in [0.2, 0.25) is 0 Å². The Morgan fingerprint density at radius 1 is 0.310 bits per heavy atom. The first-order valence-corrected chi connectivity index (χ1v) is 23.9. The monoisotopic (exact) mass is 629 g/mol. The molecular weight excluding hydrogens is 563 g/mol. The third-order valence-corrected chi connectivity index (χ3v) is 22.8. The Labute approximate surface area is 266 Å². The van der Waals surface area contributed by atoms with Crippen LogP contribution < -0.4 is 0 Å². The van der Waals surface area contributed by atoms with E-state index < -0.39 is 0 Å². The minimum absolute atomic E-state index is 0.116. The lowest BCUT2D eigenvalue weighted by Gasteiger charge is -2.51. The smallest absolute Gasteiger partial charge is 0.0191 e. The van der Waals surface area contributed by atoms with Crippen molar-refractivity contribution in [2.75, 3.05) is 0 Å². The Hall–Kier alpha value is 0.650. The van der Waals surface area contributed by atoms with Gasteiger partial charge in [-0.1, -0.05) is 121 Å². The van der Waals surface area contributed by atoms with Gasteiger partial charge in [0.05, 0.1) is 0 Å². The highest BCUT2D eigenvalue weighted by atomic mass is 31.2. The minimum atomic E-state index is -0.131. The summed E-state index contributed by atoms with van der Waals surface area (Å²) in [5.74, 6) is 0. The fraction of sp³-hybridized carbons (Fsp3) is 0.947. The van der Waals surface area contributed by atoms with E-state index in [9.17, 15) is 0 Å². The van der Waals surface area contributed by atoms with E-state index in [0.29, 0.717) is 0 Å². The second-order valence-corrected chi connectivity index (χ2v) is 23.5. The zero-order chi connectivity index (χ0) is 28.4. The molecule has 0 N–H and O–H groups in total. The van der Waals surface area contributed by atoms with Gasteiger partial charge < -0.3 is 0 Å². The highest BCUT2D eigenvalue weighted by molar-refractivity contribution is 7.72. The molecule has 238 valence electrons. The fourth-order valence-electron chi connectivity index (χ4n) is 10.1. The highest BCUT2D eigenvalue weighted by Gasteiger charge is 2.43. The van der Waals surface area contributed by atoms with Gasteiger partial charge in [0, 0.05) is 22.2 Å². The van der Waals surface area contributed by atoms with Crippen molar-refractivity contribution in [2.24, 2.45) is 0 Å². The standard InChI is InChI=1S/C38H66NP3/c1-7-19-33(20-8-1)40(34-21-9-2-10-22-34)32-31-39(41(35-23-11-3-12-24-35)36-25-13-4-14-26-36)42(37-27-15-5-16-28-37)38-29-17-6-18-30-38/h33-38H,1-30H2. The highest BCUT2D eigenvalue weighted by Crippen LogP contribution is 2.71. The van der Waals surface area contributed by atoms with E-state index in [1.54, 1.807) is 51.4 Å². The van der Waals surface area contributed by atoms with Crippen LogP contribution in [0.3, 0.4) is 0 Å². The second kappa shape index (κ2) is 17.5. The van der Waals surface area contributed by atoms with Gasteiger partial charge in [-0.15, -0.1) is 0 Å². The third kappa shape index (κ3) is 8.71. The first kappa shape index (κ1) is 32.6. The van der Waals surface area contributed by atoms with Crippen molar-refractivity contribution < 1.29 is 0 Å². The lowest BCUT2D eigenvalue weighted by atomic mass is 9.99. The van der Waals surface area contributed by atoms with E-state index in [4.69, 9.17) is 0 Å². The molecule has 6 fully saturated rings. The van der Waals surface area contributed by atoms with Crippen LogP contribution in [-0.4, -0.2) is 38.4 Å². The van der Waals surface area contributed by atoms with E-state index in [2.05, 4.69) is 16.1 Å². The molecule has 0 spiro atoms. The Morgan fingerprint density at radius 3 is 0.810 bits per heavy atom. The van der Waals surface area contributed by atoms with E-state index in [1.165, 1.54) is 141 Å². The van der Waals surface area contributed by atoms with E-state index >= 15 is 0 Å². The first-order chi connectivity index (χ1) is 20.9. The molecule has 1 nitrogen and oxygen atoms in total. The van der Waals surface area contributed by atoms with Crippen LogP contribution in [0.25, 0.3) is 0 Å². The van der Waals surface area contributed by atoms with Crippen LogP contribution in [0.15, 0.2) is 0 Å². The summed E-state index contributed by atoms with van der Waals surface area (Å²) in [5.41, 5.74) is 10.4. The molecule has 0 unspecified atom stereocenters. The molecule has 0 aliphatic heterocycles. The molecule has 0 radical (unpaired) electrons. The largest absolute Gasteiger partial charge is 0.289 e. The van der Waals surface area contributed by atoms with E-state index in [0.717, 1.165) is 34.0 Å². The molecule has 0 amide bonds. The minimum Gasteiger partial charge on any atom is -0.289 e. The summed E-state index contributed by atoms with van der Waals surface area (Å²) in [4.78, 5) is 0. The lowest BCUT2D eigenvalue weighted by molar-refractivity contribution is 0.466. The van der Waals surface area contributed by atoms with Crippen LogP contribution in [-0.2, 0) is 0 Å². The Morgan fingerprint density at radius 2 is 0.548 bits per heavy atom. The normalized spacial score (nSPS) is 27.4. The summed E-state index contributed by atoms with van der Waals surface area (Å²) in [7, 11) is -0.363. The first-order valence-electron chi connectivity index (χ1n) is 19.5. The maximum absolute atomic E-state index is 4.47. The Bertz CT molecular complexity index is 721. The molecule has 0 saturated heterocycles. The SMILES string of the molecule is C(#CP(C1CCCCC1)C1CCCCC1)N(P(C1CCCCC1)C1CCCCC1)P(C1CCCCC1)C1CCCCC1. The zero-order valence-electron chi connectivity index (χ0n) is 27.5. The molecule has 42 heavy (non-hydrogen) atoms. The predicted octanol–water partition coefficient (Wildman–Crippen LogP) is 13.5. The molecule has 0 heterocycles. The molecule has 6 saturated carbocycles. The van der Waals surface area contributed by atoms with Crippen LogP contribution in [0.4, 0.5) is 0 Å². The molecule has 0 atom stereocenters. The molecule has 6 aliphatic rings. The molecule has 0 aromatic carbocycles. The molecular formula is C38H66NP3. The second-order valence-electron chi connectivity index (χ2n) is 15.4. The van der Waals surface area contributed by atoms with Crippen molar-refractivity contribution >= 4 is 24.1 Å². The van der Waals surface area contributed by atoms with Gasteiger partial charge in [0.25, 0.3) is 0 Å². The summed E-state index contributed by atoms with van der Waals surface area (Å²) in [6.45, 7) is 0. The summed E-state index contributed by atoms with van der Waals surface area (Å²) in [6, 6.07) is 4.47. The average Bonchev–Trinajstić information content (AvgIpc) is 3.08. The van der Waals surface area contributed by atoms with Gasteiger partial charge in [0.15, 0.2) is 0 Å². The van der Waals surface area contributed by atoms with Crippen LogP contribution in [0.5, 0.6) is 0 Å². The topological polar surface area (TPSA) is 3.24 Å². The number of rotatable bonds is 8. The van der Waals surface area contributed by atoms with E-state index in [-0.39, 0.29) is 24.1 Å². The molecule has 0 aromatic heterocycles. The Balaban J connectivity index is 1.40. The summed E-state index contributed by atoms with van der Waals surface area (Å²) in [5, 5.41) is 0. The molecule has 4 heteroatoms. The summed E-state index contributed by atoms with van der Waals surface area (Å²) < 4.78 is 3.27. The van der Waals surface area contributed by atoms with Gasteiger partial charge in [-0.25, -0.2) is 0 Å². The fourth-order valence-corrected chi connectivity index (χ4v) is 22.4. The van der Waals surface area contributed by atoms with Crippen LogP contribution in [0, 0.1) is 11.7 Å². The molecule has 6 rings (SSSR count). The van der Waals surface area contributed by atoms with Crippen molar-refractivity contribution in [3.63, 3.8) is 0 Å². The zero-order valence-corrected chi connectivity index (χ0v) is 30.1. The lowest BCUT2D eigenvalue weighted by Crippen LogP contribution is -2.33. The van der Waals surface area contributed by atoms with Crippen molar-refractivity contribution in [3.8, 4) is 11.7 Å². The van der Waals surface area contributed by atoms with Crippen molar-refractivity contribution in [3.05, 3.63) is 0 Å². The van der Waals surface area contributed by atoms with E-state index in [1.807, 2.05) is 0 Å². The number of nitrogens with zero attached hydrogens (tertiary/aromatic N) is 1. The number of hydrogen-bond acceptors (Lipinski definition) is 1. The summed E-state index contributed by atoms with van der Waals surface area (Å²) >= 11 is 0. The molecule has 6 aliphatic carbocycles. The quantitative estimate of drug-likeness (QED) is 0.147. The maximum atomic E-state index is 4.47. The van der Waals surface area contributed by atoms with Crippen LogP contribution >= 0.6 is 24.1 Å². The molecule has 0 aromatic rings. The van der Waals surface area contributed by atoms with Crippen molar-refractivity contribution in [1.82, 2.24) is 4.44 Å². The Kier molecular flexibility index (Phi) is 13.6. The average molecular weight is 630 g/mol. The van der Waals surface area contributed by atoms with Crippen molar-refractivity contribution in [1.29, 1.82) is 0 Å². The maximum Gasteiger partial charge on any atom is 0.0191 e. The van der Waals surface area contributed by atoms with Crippen LogP contribution in [0.1, 0.15) is 193 Å². The summed E-state index contributed by atoms with van der Waals surface area (Å²) in [6.07, 6.45) is 45.5. The van der Waals surface area contributed by atoms with Gasteiger partial charge in [-0.2, -0.15) is 0 Å². The van der Waals surface area contributed by atoms with Gasteiger partial charge in [0.2, 0.25) is 0 Å². The van der Waals surface area contributed by atoms with Gasteiger partial charge in [0.1, 0.15) is 0 Å². The van der Waals surface area contributed by atoms with Gasteiger partial charge >= 0.3 is 0 Å². The number of hydrogen-bond donors (Lipinski definition) is 0. The van der Waals surface area contributed by atoms with Crippen molar-refractivity contribution in [2.45, 2.75) is 227 Å². The molecule has 0 bridgehead atoms. The predicted molar refractivity (Wildman–Crippen MR) is 192 cm³/mol. The third-order valence-electron chi connectivity index (χ3n) is 12.4.